The molecule has 0 aliphatic carbocycles. The third-order valence-corrected chi connectivity index (χ3v) is 3.98. The smallest absolute Gasteiger partial charge is 0.255 e. The number of nitrogens with one attached hydrogen (secondary N) is 1. The first-order valence-corrected chi connectivity index (χ1v) is 8.15. The minimum Gasteiger partial charge on any atom is -0.388 e. The number of nitrogens with zero attached hydrogens (tertiary/aromatic N) is 2. The molecule has 2 rings (SSSR count). The number of hydrogen-bond acceptors (Lipinski definition) is 6. The Bertz CT molecular complexity index is 621. The Morgan fingerprint density at radius 1 is 1.62 bits per heavy atom. The van der Waals surface area contributed by atoms with E-state index in [1.165, 1.54) is 17.3 Å². The van der Waals surface area contributed by atoms with Gasteiger partial charge in [0.25, 0.3) is 5.91 Å². The van der Waals surface area contributed by atoms with E-state index in [-0.39, 0.29) is 25.5 Å². The van der Waals surface area contributed by atoms with Crippen LogP contribution in [0.3, 0.4) is 0 Å². The fourth-order valence-electron chi connectivity index (χ4n) is 2.14. The van der Waals surface area contributed by atoms with E-state index in [2.05, 4.69) is 9.71 Å². The van der Waals surface area contributed by atoms with Crippen molar-refractivity contribution in [3.05, 3.63) is 30.1 Å². The Labute approximate surface area is 122 Å². The van der Waals surface area contributed by atoms with Gasteiger partial charge in [0.1, 0.15) is 11.7 Å². The van der Waals surface area contributed by atoms with Crippen molar-refractivity contribution >= 4 is 15.9 Å². The Hall–Kier alpha value is -1.55. The maximum Gasteiger partial charge on any atom is 0.255 e. The molecule has 2 atom stereocenters. The zero-order valence-electron chi connectivity index (χ0n) is 11.4. The van der Waals surface area contributed by atoms with Gasteiger partial charge in [0, 0.05) is 25.5 Å². The molecule has 0 bridgehead atoms. The third-order valence-electron chi connectivity index (χ3n) is 3.31. The number of pyridine rings is 1. The molecule has 1 aliphatic heterocycles. The number of carbonyl (C=O) groups is 1. The number of aliphatic hydroxyl groups is 2. The number of β-amino-alcohol motifs (C(OH)–C–C–N with tert-alkyl or cyclic N) is 2. The first-order chi connectivity index (χ1) is 9.71. The summed E-state index contributed by atoms with van der Waals surface area (Å²) >= 11 is 0. The predicted molar refractivity (Wildman–Crippen MR) is 73.9 cm³/mol. The number of sulfonamides is 1. The molecule has 9 heteroatoms. The Morgan fingerprint density at radius 3 is 2.90 bits per heavy atom. The van der Waals surface area contributed by atoms with E-state index in [1.807, 2.05) is 0 Å². The maximum atomic E-state index is 12.2. The summed E-state index contributed by atoms with van der Waals surface area (Å²) in [7, 11) is -3.50. The van der Waals surface area contributed by atoms with Crippen LogP contribution in [-0.2, 0) is 10.0 Å². The van der Waals surface area contributed by atoms with Crippen LogP contribution in [0.1, 0.15) is 10.4 Å². The number of rotatable bonds is 4. The highest BCUT2D eigenvalue weighted by atomic mass is 32.2. The second-order valence-electron chi connectivity index (χ2n) is 5.14. The topological polar surface area (TPSA) is 120 Å². The van der Waals surface area contributed by atoms with Crippen molar-refractivity contribution in [1.29, 1.82) is 0 Å². The number of carbonyl (C=O) groups excluding carboxylic acids is 1. The van der Waals surface area contributed by atoms with E-state index in [0.29, 0.717) is 5.56 Å². The molecule has 3 N–H and O–H groups in total. The minimum atomic E-state index is -3.50. The van der Waals surface area contributed by atoms with Gasteiger partial charge in [-0.2, -0.15) is 0 Å². The van der Waals surface area contributed by atoms with E-state index in [1.54, 1.807) is 12.1 Å². The second-order valence-corrected chi connectivity index (χ2v) is 6.97. The van der Waals surface area contributed by atoms with Gasteiger partial charge >= 0.3 is 0 Å². The molecule has 1 saturated heterocycles. The third kappa shape index (κ3) is 3.76. The van der Waals surface area contributed by atoms with Crippen molar-refractivity contribution in [3.63, 3.8) is 0 Å². The van der Waals surface area contributed by atoms with E-state index in [4.69, 9.17) is 0 Å². The molecule has 116 valence electrons. The van der Waals surface area contributed by atoms with Crippen molar-refractivity contribution in [3.8, 4) is 0 Å². The molecular weight excluding hydrogens is 298 g/mol. The summed E-state index contributed by atoms with van der Waals surface area (Å²) in [6.07, 6.45) is 2.64. The summed E-state index contributed by atoms with van der Waals surface area (Å²) in [4.78, 5) is 17.3. The van der Waals surface area contributed by atoms with Crippen LogP contribution in [0.25, 0.3) is 0 Å². The Kier molecular flexibility index (Phi) is 4.28. The first kappa shape index (κ1) is 15.8. The first-order valence-electron chi connectivity index (χ1n) is 6.26. The zero-order valence-corrected chi connectivity index (χ0v) is 12.2. The second kappa shape index (κ2) is 5.68. The highest BCUT2D eigenvalue weighted by Crippen LogP contribution is 2.23. The van der Waals surface area contributed by atoms with Crippen molar-refractivity contribution in [2.45, 2.75) is 11.7 Å². The summed E-state index contributed by atoms with van der Waals surface area (Å²) in [5, 5.41) is 20.2. The Balaban J connectivity index is 2.08. The van der Waals surface area contributed by atoms with Gasteiger partial charge in [-0.25, -0.2) is 13.1 Å². The zero-order chi connectivity index (χ0) is 15.7. The summed E-state index contributed by atoms with van der Waals surface area (Å²) < 4.78 is 24.3. The van der Waals surface area contributed by atoms with Gasteiger partial charge < -0.3 is 15.1 Å². The molecule has 0 spiro atoms. The van der Waals surface area contributed by atoms with Crippen LogP contribution in [-0.4, -0.2) is 72.0 Å². The van der Waals surface area contributed by atoms with Crippen molar-refractivity contribution in [2.24, 2.45) is 0 Å². The van der Waals surface area contributed by atoms with Gasteiger partial charge in [-0.15, -0.1) is 0 Å². The molecule has 1 aromatic heterocycles. The van der Waals surface area contributed by atoms with Crippen LogP contribution in [0.4, 0.5) is 0 Å². The van der Waals surface area contributed by atoms with E-state index >= 15 is 0 Å². The highest BCUT2D eigenvalue weighted by Gasteiger charge is 2.46. The quantitative estimate of drug-likeness (QED) is 0.602. The summed E-state index contributed by atoms with van der Waals surface area (Å²) in [6.45, 7) is -0.593. The largest absolute Gasteiger partial charge is 0.388 e. The van der Waals surface area contributed by atoms with Gasteiger partial charge in [0.05, 0.1) is 18.4 Å². The number of hydrogen-bond donors (Lipinski definition) is 3. The molecule has 0 unspecified atom stereocenters. The summed E-state index contributed by atoms with van der Waals surface area (Å²) in [5.74, 6) is -0.377. The van der Waals surface area contributed by atoms with Crippen LogP contribution in [0.2, 0.25) is 0 Å². The van der Waals surface area contributed by atoms with Crippen LogP contribution in [0.5, 0.6) is 0 Å². The minimum absolute atomic E-state index is 0.0737. The molecule has 0 saturated carbocycles. The fourth-order valence-corrected chi connectivity index (χ4v) is 2.65. The lowest BCUT2D eigenvalue weighted by Crippen LogP contribution is -2.51. The summed E-state index contributed by atoms with van der Waals surface area (Å²) in [6, 6.07) is 3.19. The van der Waals surface area contributed by atoms with Crippen LogP contribution in [0, 0.1) is 0 Å². The molecule has 2 heterocycles. The normalized spacial score (nSPS) is 26.0. The molecule has 1 aromatic rings. The van der Waals surface area contributed by atoms with Crippen molar-refractivity contribution in [1.82, 2.24) is 14.6 Å². The van der Waals surface area contributed by atoms with Crippen LogP contribution in [0.15, 0.2) is 24.5 Å². The van der Waals surface area contributed by atoms with E-state index in [9.17, 15) is 23.4 Å². The maximum absolute atomic E-state index is 12.2. The van der Waals surface area contributed by atoms with Gasteiger partial charge in [0.2, 0.25) is 10.0 Å². The number of aromatic nitrogens is 1. The van der Waals surface area contributed by atoms with E-state index < -0.39 is 21.7 Å². The monoisotopic (exact) mass is 315 g/mol. The standard InChI is InChI=1S/C12H17N3O5S/c1-21(19,20)14-7-12(18)8-15(6-10(12)16)11(17)9-3-2-4-13-5-9/h2-5,10,14,16,18H,6-8H2,1H3/t10-,12+/m1/s1. The van der Waals surface area contributed by atoms with Crippen molar-refractivity contribution in [2.75, 3.05) is 25.9 Å². The van der Waals surface area contributed by atoms with Crippen LogP contribution >= 0.6 is 0 Å². The lowest BCUT2D eigenvalue weighted by molar-refractivity contribution is -0.0352. The highest BCUT2D eigenvalue weighted by molar-refractivity contribution is 7.88. The van der Waals surface area contributed by atoms with Gasteiger partial charge in [-0.3, -0.25) is 9.78 Å². The average molecular weight is 315 g/mol. The summed E-state index contributed by atoms with van der Waals surface area (Å²) in [5.41, 5.74) is -1.37. The molecule has 0 radical (unpaired) electrons. The van der Waals surface area contributed by atoms with Crippen LogP contribution < -0.4 is 4.72 Å². The van der Waals surface area contributed by atoms with Gasteiger partial charge in [-0.1, -0.05) is 0 Å². The number of amides is 1. The van der Waals surface area contributed by atoms with E-state index in [0.717, 1.165) is 6.26 Å². The lowest BCUT2D eigenvalue weighted by Gasteiger charge is -2.25. The predicted octanol–water partition coefficient (Wildman–Crippen LogP) is -1.82. The SMILES string of the molecule is CS(=O)(=O)NC[C@]1(O)CN(C(=O)c2cccnc2)C[C@H]1O. The molecular formula is C12H17N3O5S. The van der Waals surface area contributed by atoms with Gasteiger partial charge in [-0.05, 0) is 12.1 Å². The number of aliphatic hydroxyl groups excluding tert-OH is 1. The average Bonchev–Trinajstić information content (AvgIpc) is 2.73. The fraction of sp³-hybridized carbons (Fsp3) is 0.500. The Morgan fingerprint density at radius 2 is 2.33 bits per heavy atom. The molecule has 1 fully saturated rings. The molecule has 8 nitrogen and oxygen atoms in total. The molecule has 0 aromatic carbocycles. The van der Waals surface area contributed by atoms with Crippen molar-refractivity contribution < 1.29 is 23.4 Å². The lowest BCUT2D eigenvalue weighted by atomic mass is 10.0. The molecule has 1 amide bonds. The van der Waals surface area contributed by atoms with Gasteiger partial charge in [0.15, 0.2) is 0 Å². The molecule has 21 heavy (non-hydrogen) atoms. The number of likely N-dealkylation sites (tertiary alicyclic amines) is 1. The molecule has 1 aliphatic rings.